The number of amides is 1. The van der Waals surface area contributed by atoms with Gasteiger partial charge < -0.3 is 10.2 Å². The molecule has 1 saturated heterocycles. The highest BCUT2D eigenvalue weighted by atomic mass is 32.1. The van der Waals surface area contributed by atoms with Gasteiger partial charge in [0.25, 0.3) is 0 Å². The summed E-state index contributed by atoms with van der Waals surface area (Å²) in [5.41, 5.74) is 3.11. The van der Waals surface area contributed by atoms with Gasteiger partial charge in [-0.3, -0.25) is 9.48 Å². The van der Waals surface area contributed by atoms with Crippen LogP contribution in [0.25, 0.3) is 6.08 Å². The molecular weight excluding hydrogens is 384 g/mol. The highest BCUT2D eigenvalue weighted by molar-refractivity contribution is 7.13. The molecule has 0 atom stereocenters. The highest BCUT2D eigenvalue weighted by Crippen LogP contribution is 2.31. The zero-order valence-electron chi connectivity index (χ0n) is 16.6. The van der Waals surface area contributed by atoms with E-state index in [0.717, 1.165) is 53.8 Å². The fourth-order valence-electron chi connectivity index (χ4n) is 3.45. The zero-order valence-corrected chi connectivity index (χ0v) is 17.4. The summed E-state index contributed by atoms with van der Waals surface area (Å²) in [4.78, 5) is 23.5. The SMILES string of the molecule is Cc1cccnc1Nc1nc(C2CCN(C(=O)/C=C/c3ccnn3C)CC2)cs1. The second-order valence-electron chi connectivity index (χ2n) is 7.18. The number of nitrogens with zero attached hydrogens (tertiary/aromatic N) is 5. The molecule has 3 aromatic heterocycles. The Bertz CT molecular complexity index is 1020. The predicted molar refractivity (Wildman–Crippen MR) is 115 cm³/mol. The number of pyridine rings is 1. The summed E-state index contributed by atoms with van der Waals surface area (Å²) in [6.07, 6.45) is 8.81. The lowest BCUT2D eigenvalue weighted by molar-refractivity contribution is -0.126. The van der Waals surface area contributed by atoms with E-state index in [4.69, 9.17) is 4.98 Å². The van der Waals surface area contributed by atoms with Crippen LogP contribution in [0.15, 0.2) is 42.0 Å². The second kappa shape index (κ2) is 8.57. The van der Waals surface area contributed by atoms with E-state index in [1.54, 1.807) is 34.5 Å². The molecule has 29 heavy (non-hydrogen) atoms. The first-order valence-corrected chi connectivity index (χ1v) is 10.6. The van der Waals surface area contributed by atoms with Gasteiger partial charge in [-0.2, -0.15) is 5.10 Å². The van der Waals surface area contributed by atoms with E-state index in [1.165, 1.54) is 0 Å². The van der Waals surface area contributed by atoms with Crippen LogP contribution in [0, 0.1) is 6.92 Å². The van der Waals surface area contributed by atoms with Crippen LogP contribution in [0.4, 0.5) is 10.9 Å². The maximum atomic E-state index is 12.5. The van der Waals surface area contributed by atoms with Gasteiger partial charge in [0.15, 0.2) is 5.13 Å². The Labute approximate surface area is 174 Å². The largest absolute Gasteiger partial charge is 0.339 e. The van der Waals surface area contributed by atoms with Gasteiger partial charge in [-0.1, -0.05) is 6.07 Å². The normalized spacial score (nSPS) is 15.2. The quantitative estimate of drug-likeness (QED) is 0.651. The van der Waals surface area contributed by atoms with Gasteiger partial charge >= 0.3 is 0 Å². The lowest BCUT2D eigenvalue weighted by Gasteiger charge is -2.30. The number of carbonyl (C=O) groups excluding carboxylic acids is 1. The van der Waals surface area contributed by atoms with E-state index in [9.17, 15) is 4.79 Å². The van der Waals surface area contributed by atoms with Crippen molar-refractivity contribution in [3.63, 3.8) is 0 Å². The van der Waals surface area contributed by atoms with E-state index < -0.39 is 0 Å². The summed E-state index contributed by atoms with van der Waals surface area (Å²) in [7, 11) is 1.86. The van der Waals surface area contributed by atoms with E-state index in [0.29, 0.717) is 5.92 Å². The van der Waals surface area contributed by atoms with Crippen molar-refractivity contribution in [3.05, 3.63) is 59.0 Å². The van der Waals surface area contributed by atoms with E-state index in [-0.39, 0.29) is 5.91 Å². The van der Waals surface area contributed by atoms with E-state index in [2.05, 4.69) is 20.8 Å². The van der Waals surface area contributed by atoms with Crippen molar-refractivity contribution in [1.82, 2.24) is 24.6 Å². The van der Waals surface area contributed by atoms with Crippen LogP contribution >= 0.6 is 11.3 Å². The first-order chi connectivity index (χ1) is 14.1. The van der Waals surface area contributed by atoms with Crippen LogP contribution in [0.5, 0.6) is 0 Å². The maximum absolute atomic E-state index is 12.5. The Morgan fingerprint density at radius 1 is 1.28 bits per heavy atom. The molecular formula is C21H24N6OS. The van der Waals surface area contributed by atoms with Crippen LogP contribution in [-0.2, 0) is 11.8 Å². The number of nitrogens with one attached hydrogen (secondary N) is 1. The minimum Gasteiger partial charge on any atom is -0.339 e. The summed E-state index contributed by atoms with van der Waals surface area (Å²) in [5.74, 6) is 1.28. The van der Waals surface area contributed by atoms with Gasteiger partial charge in [0.2, 0.25) is 5.91 Å². The number of carbonyl (C=O) groups is 1. The summed E-state index contributed by atoms with van der Waals surface area (Å²) >= 11 is 1.60. The fourth-order valence-corrected chi connectivity index (χ4v) is 4.25. The van der Waals surface area contributed by atoms with Crippen molar-refractivity contribution in [2.75, 3.05) is 18.4 Å². The molecule has 4 rings (SSSR count). The van der Waals surface area contributed by atoms with Gasteiger partial charge in [-0.25, -0.2) is 9.97 Å². The first kappa shape index (κ1) is 19.3. The van der Waals surface area contributed by atoms with Gasteiger partial charge in [0.1, 0.15) is 5.82 Å². The standard InChI is InChI=1S/C21H24N6OS/c1-15-4-3-10-22-20(15)25-21-24-18(14-29-21)16-8-12-27(13-9-16)19(28)6-5-17-7-11-23-26(17)2/h3-7,10-11,14,16H,8-9,12-13H2,1-2H3,(H,22,24,25)/b6-5+. The van der Waals surface area contributed by atoms with Crippen LogP contribution < -0.4 is 5.32 Å². The third-order valence-corrected chi connectivity index (χ3v) is 6.01. The summed E-state index contributed by atoms with van der Waals surface area (Å²) < 4.78 is 1.75. The van der Waals surface area contributed by atoms with E-state index in [1.807, 2.05) is 43.1 Å². The van der Waals surface area contributed by atoms with Crippen molar-refractivity contribution < 1.29 is 4.79 Å². The smallest absolute Gasteiger partial charge is 0.246 e. The van der Waals surface area contributed by atoms with Gasteiger partial charge in [0.05, 0.1) is 11.4 Å². The van der Waals surface area contributed by atoms with Crippen LogP contribution in [-0.4, -0.2) is 43.6 Å². The Kier molecular flexibility index (Phi) is 5.71. The van der Waals surface area contributed by atoms with Gasteiger partial charge in [-0.05, 0) is 43.5 Å². The monoisotopic (exact) mass is 408 g/mol. The van der Waals surface area contributed by atoms with Gasteiger partial charge in [0, 0.05) is 49.9 Å². The van der Waals surface area contributed by atoms with Crippen molar-refractivity contribution in [3.8, 4) is 0 Å². The molecule has 1 fully saturated rings. The maximum Gasteiger partial charge on any atom is 0.246 e. The molecule has 7 nitrogen and oxygen atoms in total. The molecule has 1 aliphatic heterocycles. The first-order valence-electron chi connectivity index (χ1n) is 9.69. The molecule has 150 valence electrons. The Balaban J connectivity index is 1.32. The molecule has 1 aliphatic rings. The lowest BCUT2D eigenvalue weighted by Crippen LogP contribution is -2.36. The lowest BCUT2D eigenvalue weighted by atomic mass is 9.94. The molecule has 0 spiro atoms. The Hall–Kier alpha value is -3.00. The molecule has 0 aromatic carbocycles. The van der Waals surface area contributed by atoms with Crippen LogP contribution in [0.3, 0.4) is 0 Å². The molecule has 0 saturated carbocycles. The molecule has 4 heterocycles. The summed E-state index contributed by atoms with van der Waals surface area (Å²) in [5, 5.41) is 10.4. The molecule has 0 radical (unpaired) electrons. The van der Waals surface area contributed by atoms with Crippen LogP contribution in [0.2, 0.25) is 0 Å². The van der Waals surface area contributed by atoms with Gasteiger partial charge in [-0.15, -0.1) is 11.3 Å². The van der Waals surface area contributed by atoms with Crippen molar-refractivity contribution in [1.29, 1.82) is 0 Å². The number of aryl methyl sites for hydroxylation is 2. The molecule has 8 heteroatoms. The molecule has 1 amide bonds. The third kappa shape index (κ3) is 4.54. The molecule has 1 N–H and O–H groups in total. The Morgan fingerprint density at radius 2 is 2.10 bits per heavy atom. The molecule has 0 unspecified atom stereocenters. The minimum absolute atomic E-state index is 0.0518. The third-order valence-electron chi connectivity index (χ3n) is 5.24. The average molecular weight is 409 g/mol. The number of hydrogen-bond donors (Lipinski definition) is 1. The number of hydrogen-bond acceptors (Lipinski definition) is 6. The fraction of sp³-hybridized carbons (Fsp3) is 0.333. The molecule has 0 aliphatic carbocycles. The number of rotatable bonds is 5. The number of piperidine rings is 1. The predicted octanol–water partition coefficient (Wildman–Crippen LogP) is 3.74. The number of thiazole rings is 1. The minimum atomic E-state index is 0.0518. The zero-order chi connectivity index (χ0) is 20.2. The second-order valence-corrected chi connectivity index (χ2v) is 8.04. The highest BCUT2D eigenvalue weighted by Gasteiger charge is 2.24. The number of aromatic nitrogens is 4. The number of anilines is 2. The number of likely N-dealkylation sites (tertiary alicyclic amines) is 1. The molecule has 3 aromatic rings. The van der Waals surface area contributed by atoms with E-state index >= 15 is 0 Å². The van der Waals surface area contributed by atoms with Crippen LogP contribution in [0.1, 0.15) is 35.7 Å². The van der Waals surface area contributed by atoms with Crippen molar-refractivity contribution in [2.45, 2.75) is 25.7 Å². The van der Waals surface area contributed by atoms with Crippen molar-refractivity contribution in [2.24, 2.45) is 7.05 Å². The topological polar surface area (TPSA) is 75.9 Å². The summed E-state index contributed by atoms with van der Waals surface area (Å²) in [6, 6.07) is 5.84. The Morgan fingerprint density at radius 3 is 2.83 bits per heavy atom. The van der Waals surface area contributed by atoms with Crippen molar-refractivity contribution >= 4 is 34.3 Å². The average Bonchev–Trinajstić information content (AvgIpc) is 3.37. The molecule has 0 bridgehead atoms. The summed E-state index contributed by atoms with van der Waals surface area (Å²) in [6.45, 7) is 3.52.